The first-order valence-corrected chi connectivity index (χ1v) is 3.18. The van der Waals surface area contributed by atoms with Crippen molar-refractivity contribution < 1.29 is 14.7 Å². The number of carbonyl (C=O) groups is 1. The Balaban J connectivity index is 2.09. The van der Waals surface area contributed by atoms with Gasteiger partial charge in [0.25, 0.3) is 0 Å². The Hall–Kier alpha value is -1.06. The highest BCUT2D eigenvalue weighted by molar-refractivity contribution is 5.88. The van der Waals surface area contributed by atoms with Crippen molar-refractivity contribution in [2.45, 2.75) is 19.3 Å². The van der Waals surface area contributed by atoms with Gasteiger partial charge in [-0.15, -0.1) is 0 Å². The van der Waals surface area contributed by atoms with Gasteiger partial charge in [0.2, 0.25) is 6.61 Å². The molecule has 0 unspecified atom stereocenters. The van der Waals surface area contributed by atoms with Gasteiger partial charge in [0, 0.05) is 0 Å². The molecule has 0 aromatic rings. The minimum absolute atomic E-state index is 0.330. The van der Waals surface area contributed by atoms with E-state index in [1.807, 2.05) is 0 Å². The van der Waals surface area contributed by atoms with Crippen LogP contribution < -0.4 is 0 Å². The lowest BCUT2D eigenvalue weighted by atomic mass is 9.98. The highest BCUT2D eigenvalue weighted by atomic mass is 16.6. The molecule has 0 aliphatic heterocycles. The predicted octanol–water partition coefficient (Wildman–Crippen LogP) is 0.627. The minimum Gasteiger partial charge on any atom is -0.479 e. The van der Waals surface area contributed by atoms with E-state index in [2.05, 4.69) is 9.99 Å². The summed E-state index contributed by atoms with van der Waals surface area (Å²) in [4.78, 5) is 14.4. The molecule has 0 atom stereocenters. The van der Waals surface area contributed by atoms with Crippen LogP contribution in [0.2, 0.25) is 0 Å². The molecule has 0 aromatic carbocycles. The van der Waals surface area contributed by atoms with E-state index in [1.165, 1.54) is 0 Å². The Morgan fingerprint density at radius 3 is 2.80 bits per heavy atom. The molecule has 1 N–H and O–H groups in total. The van der Waals surface area contributed by atoms with Gasteiger partial charge in [-0.3, -0.25) is 0 Å². The Bertz CT molecular complexity index is 158. The van der Waals surface area contributed by atoms with Crippen LogP contribution in [0.4, 0.5) is 0 Å². The summed E-state index contributed by atoms with van der Waals surface area (Å²) in [6.45, 7) is -0.330. The number of hydrogen-bond donors (Lipinski definition) is 1. The average Bonchev–Trinajstić information content (AvgIpc) is 1.75. The molecule has 0 spiro atoms. The molecule has 0 radical (unpaired) electrons. The summed E-state index contributed by atoms with van der Waals surface area (Å²) in [5.74, 6) is -0.983. The van der Waals surface area contributed by atoms with E-state index >= 15 is 0 Å². The molecule has 1 aliphatic rings. The first-order valence-electron chi connectivity index (χ1n) is 3.18. The summed E-state index contributed by atoms with van der Waals surface area (Å²) >= 11 is 0. The second-order valence-corrected chi connectivity index (χ2v) is 2.18. The van der Waals surface area contributed by atoms with Crippen molar-refractivity contribution in [2.75, 3.05) is 6.61 Å². The van der Waals surface area contributed by atoms with Gasteiger partial charge in [-0.25, -0.2) is 4.79 Å². The molecule has 0 bridgehead atoms. The Kier molecular flexibility index (Phi) is 2.25. The topological polar surface area (TPSA) is 58.9 Å². The summed E-state index contributed by atoms with van der Waals surface area (Å²) in [6, 6.07) is 0. The lowest BCUT2D eigenvalue weighted by Crippen LogP contribution is -2.12. The summed E-state index contributed by atoms with van der Waals surface area (Å²) < 4.78 is 0. The normalized spacial score (nSPS) is 15.8. The highest BCUT2D eigenvalue weighted by Gasteiger charge is 2.10. The van der Waals surface area contributed by atoms with Gasteiger partial charge in [0.15, 0.2) is 0 Å². The highest BCUT2D eigenvalue weighted by Crippen LogP contribution is 2.14. The standard InChI is InChI=1S/C6H9NO3/c8-6(9)4-10-7-5-2-1-3-5/h1-4H2,(H,8,9). The zero-order valence-corrected chi connectivity index (χ0v) is 5.54. The molecule has 1 aliphatic carbocycles. The maximum absolute atomic E-state index is 9.89. The van der Waals surface area contributed by atoms with Crippen molar-refractivity contribution >= 4 is 11.7 Å². The summed E-state index contributed by atoms with van der Waals surface area (Å²) in [6.07, 6.45) is 3.06. The van der Waals surface area contributed by atoms with Crippen molar-refractivity contribution in [1.29, 1.82) is 0 Å². The molecular weight excluding hydrogens is 134 g/mol. The number of carboxylic acid groups (broad SMARTS) is 1. The van der Waals surface area contributed by atoms with Crippen LogP contribution in [0, 0.1) is 0 Å². The van der Waals surface area contributed by atoms with Crippen LogP contribution in [0.5, 0.6) is 0 Å². The van der Waals surface area contributed by atoms with Crippen molar-refractivity contribution in [3.05, 3.63) is 0 Å². The lowest BCUT2D eigenvalue weighted by molar-refractivity contribution is -0.142. The Morgan fingerprint density at radius 1 is 1.70 bits per heavy atom. The number of carboxylic acids is 1. The van der Waals surface area contributed by atoms with Gasteiger partial charge >= 0.3 is 5.97 Å². The van der Waals surface area contributed by atoms with E-state index in [-0.39, 0.29) is 6.61 Å². The van der Waals surface area contributed by atoms with Gasteiger partial charge in [0.1, 0.15) is 0 Å². The molecule has 1 saturated carbocycles. The molecule has 56 valence electrons. The summed E-state index contributed by atoms with van der Waals surface area (Å²) in [5, 5.41) is 11.7. The monoisotopic (exact) mass is 143 g/mol. The fraction of sp³-hybridized carbons (Fsp3) is 0.667. The van der Waals surface area contributed by atoms with Crippen LogP contribution >= 0.6 is 0 Å². The fourth-order valence-corrected chi connectivity index (χ4v) is 0.605. The number of nitrogens with zero attached hydrogens (tertiary/aromatic N) is 1. The average molecular weight is 143 g/mol. The SMILES string of the molecule is O=C(O)CON=C1CCC1. The first-order chi connectivity index (χ1) is 4.79. The van der Waals surface area contributed by atoms with Crippen molar-refractivity contribution in [3.8, 4) is 0 Å². The number of hydrogen-bond acceptors (Lipinski definition) is 3. The number of aliphatic carboxylic acids is 1. The lowest BCUT2D eigenvalue weighted by Gasteiger charge is -2.12. The van der Waals surface area contributed by atoms with E-state index in [0.29, 0.717) is 0 Å². The van der Waals surface area contributed by atoms with Crippen LogP contribution in [0.25, 0.3) is 0 Å². The smallest absolute Gasteiger partial charge is 0.344 e. The zero-order valence-electron chi connectivity index (χ0n) is 5.54. The molecule has 1 rings (SSSR count). The molecule has 0 aromatic heterocycles. The summed E-state index contributed by atoms with van der Waals surface area (Å²) in [7, 11) is 0. The van der Waals surface area contributed by atoms with Crippen LogP contribution in [-0.4, -0.2) is 23.4 Å². The molecular formula is C6H9NO3. The molecule has 0 amide bonds. The zero-order chi connectivity index (χ0) is 7.40. The maximum atomic E-state index is 9.89. The van der Waals surface area contributed by atoms with Gasteiger partial charge in [0.05, 0.1) is 5.71 Å². The molecule has 0 saturated heterocycles. The second-order valence-electron chi connectivity index (χ2n) is 2.18. The predicted molar refractivity (Wildman–Crippen MR) is 34.9 cm³/mol. The van der Waals surface area contributed by atoms with E-state index in [9.17, 15) is 4.79 Å². The van der Waals surface area contributed by atoms with Gasteiger partial charge in [-0.1, -0.05) is 5.16 Å². The molecule has 10 heavy (non-hydrogen) atoms. The van der Waals surface area contributed by atoms with Gasteiger partial charge in [-0.2, -0.15) is 0 Å². The summed E-state index contributed by atoms with van der Waals surface area (Å²) in [5.41, 5.74) is 0.973. The van der Waals surface area contributed by atoms with Crippen molar-refractivity contribution in [3.63, 3.8) is 0 Å². The second kappa shape index (κ2) is 3.20. The molecule has 4 nitrogen and oxygen atoms in total. The third-order valence-corrected chi connectivity index (χ3v) is 1.31. The maximum Gasteiger partial charge on any atom is 0.344 e. The Morgan fingerprint density at radius 2 is 2.40 bits per heavy atom. The van der Waals surface area contributed by atoms with Crippen molar-refractivity contribution in [2.24, 2.45) is 5.16 Å². The quantitative estimate of drug-likeness (QED) is 0.589. The van der Waals surface area contributed by atoms with Crippen LogP contribution in [0.1, 0.15) is 19.3 Å². The van der Waals surface area contributed by atoms with E-state index in [1.54, 1.807) is 0 Å². The largest absolute Gasteiger partial charge is 0.479 e. The van der Waals surface area contributed by atoms with Crippen LogP contribution in [0.15, 0.2) is 5.16 Å². The van der Waals surface area contributed by atoms with Gasteiger partial charge in [-0.05, 0) is 19.3 Å². The van der Waals surface area contributed by atoms with Crippen molar-refractivity contribution in [1.82, 2.24) is 0 Å². The molecule has 4 heteroatoms. The van der Waals surface area contributed by atoms with Gasteiger partial charge < -0.3 is 9.94 Å². The third-order valence-electron chi connectivity index (χ3n) is 1.31. The first kappa shape index (κ1) is 7.05. The fourth-order valence-electron chi connectivity index (χ4n) is 0.605. The number of oxime groups is 1. The van der Waals surface area contributed by atoms with E-state index in [0.717, 1.165) is 25.0 Å². The van der Waals surface area contributed by atoms with Crippen LogP contribution in [0.3, 0.4) is 0 Å². The number of rotatable bonds is 3. The van der Waals surface area contributed by atoms with Crippen LogP contribution in [-0.2, 0) is 9.63 Å². The van der Waals surface area contributed by atoms with E-state index in [4.69, 9.17) is 5.11 Å². The Labute approximate surface area is 58.5 Å². The molecule has 1 fully saturated rings. The van der Waals surface area contributed by atoms with E-state index < -0.39 is 5.97 Å². The minimum atomic E-state index is -0.983. The molecule has 0 heterocycles. The third kappa shape index (κ3) is 2.05.